The maximum Gasteiger partial charge on any atom is 0.410 e. The molecule has 0 radical (unpaired) electrons. The molecule has 4 rings (SSSR count). The Morgan fingerprint density at radius 2 is 1.97 bits per heavy atom. The van der Waals surface area contributed by atoms with Gasteiger partial charge >= 0.3 is 6.09 Å². The first-order valence-electron chi connectivity index (χ1n) is 12.1. The molecule has 7 heteroatoms. The third kappa shape index (κ3) is 4.74. The van der Waals surface area contributed by atoms with Gasteiger partial charge in [0.15, 0.2) is 6.29 Å². The van der Waals surface area contributed by atoms with Crippen LogP contribution in [0, 0.1) is 5.92 Å². The van der Waals surface area contributed by atoms with Gasteiger partial charge in [-0.25, -0.2) is 9.78 Å². The molecular weight excluding hydrogens is 430 g/mol. The van der Waals surface area contributed by atoms with E-state index in [9.17, 15) is 9.59 Å². The van der Waals surface area contributed by atoms with E-state index in [1.54, 1.807) is 12.0 Å². The number of nitrogens with zero attached hydrogens (tertiary/aromatic N) is 3. The van der Waals surface area contributed by atoms with Crippen molar-refractivity contribution in [3.05, 3.63) is 46.5 Å². The molecule has 0 saturated heterocycles. The summed E-state index contributed by atoms with van der Waals surface area (Å²) < 4.78 is 13.4. The smallest absolute Gasteiger partial charge is 0.410 e. The van der Waals surface area contributed by atoms with Crippen LogP contribution in [0.5, 0.6) is 5.75 Å². The second kappa shape index (κ2) is 9.28. The van der Waals surface area contributed by atoms with Crippen LogP contribution in [-0.2, 0) is 24.0 Å². The van der Waals surface area contributed by atoms with E-state index in [0.717, 1.165) is 59.6 Å². The van der Waals surface area contributed by atoms with Crippen molar-refractivity contribution in [1.82, 2.24) is 14.5 Å². The highest BCUT2D eigenvalue weighted by molar-refractivity contribution is 5.78. The Kier molecular flexibility index (Phi) is 6.56. The number of aryl methyl sites for hydroxylation is 1. The Bertz CT molecular complexity index is 1140. The molecule has 2 aromatic rings. The lowest BCUT2D eigenvalue weighted by atomic mass is 9.94. The molecule has 0 bridgehead atoms. The molecule has 0 atom stereocenters. The van der Waals surface area contributed by atoms with Crippen LogP contribution in [0.15, 0.2) is 18.2 Å². The third-order valence-corrected chi connectivity index (χ3v) is 6.25. The average molecular weight is 466 g/mol. The number of rotatable bonds is 5. The number of hydrogen-bond acceptors (Lipinski definition) is 5. The summed E-state index contributed by atoms with van der Waals surface area (Å²) in [5.41, 5.74) is 5.39. The van der Waals surface area contributed by atoms with E-state index in [-0.39, 0.29) is 6.09 Å². The zero-order valence-electron chi connectivity index (χ0n) is 21.1. The van der Waals surface area contributed by atoms with Gasteiger partial charge in [-0.05, 0) is 81.2 Å². The molecule has 3 heterocycles. The van der Waals surface area contributed by atoms with Gasteiger partial charge in [0.2, 0.25) is 0 Å². The fourth-order valence-corrected chi connectivity index (χ4v) is 4.75. The first-order chi connectivity index (χ1) is 16.1. The van der Waals surface area contributed by atoms with E-state index in [0.29, 0.717) is 31.1 Å². The van der Waals surface area contributed by atoms with Gasteiger partial charge in [0, 0.05) is 13.1 Å². The fourth-order valence-electron chi connectivity index (χ4n) is 4.75. The monoisotopic (exact) mass is 465 g/mol. The van der Waals surface area contributed by atoms with Crippen molar-refractivity contribution in [3.8, 4) is 11.4 Å². The molecule has 1 aromatic heterocycles. The number of aromatic nitrogens is 2. The van der Waals surface area contributed by atoms with Crippen LogP contribution in [0.2, 0.25) is 0 Å². The molecule has 0 fully saturated rings. The molecule has 1 aromatic carbocycles. The lowest BCUT2D eigenvalue weighted by Crippen LogP contribution is -2.39. The molecule has 0 aliphatic carbocycles. The minimum absolute atomic E-state index is 0.308. The van der Waals surface area contributed by atoms with Crippen LogP contribution in [0.3, 0.4) is 0 Å². The highest BCUT2D eigenvalue weighted by Gasteiger charge is 2.29. The highest BCUT2D eigenvalue weighted by Crippen LogP contribution is 2.37. The minimum atomic E-state index is -0.527. The maximum absolute atomic E-state index is 12.5. The molecule has 7 nitrogen and oxygen atoms in total. The van der Waals surface area contributed by atoms with Gasteiger partial charge in [0.25, 0.3) is 0 Å². The molecule has 0 N–H and O–H groups in total. The van der Waals surface area contributed by atoms with Crippen LogP contribution in [0.25, 0.3) is 11.3 Å². The van der Waals surface area contributed by atoms with Crippen molar-refractivity contribution < 1.29 is 19.1 Å². The third-order valence-electron chi connectivity index (χ3n) is 6.25. The molecule has 0 unspecified atom stereocenters. The van der Waals surface area contributed by atoms with Crippen molar-refractivity contribution in [1.29, 1.82) is 0 Å². The standard InChI is InChI=1S/C27H35N3O4/c1-17(2)13-20-14-23-19(15-24(20)33-6)7-8-22-21(16-31)28-25(30(22)23)18-9-11-29(12-10-18)26(32)34-27(3,4)5/h9,14-17H,7-8,10-13H2,1-6H3. The number of amides is 1. The van der Waals surface area contributed by atoms with E-state index < -0.39 is 5.60 Å². The van der Waals surface area contributed by atoms with E-state index >= 15 is 0 Å². The quantitative estimate of drug-likeness (QED) is 0.580. The van der Waals surface area contributed by atoms with Gasteiger partial charge in [-0.2, -0.15) is 0 Å². The summed E-state index contributed by atoms with van der Waals surface area (Å²) in [6, 6.07) is 4.34. The normalized spacial score (nSPS) is 15.5. The van der Waals surface area contributed by atoms with Gasteiger partial charge in [-0.3, -0.25) is 9.36 Å². The average Bonchev–Trinajstić information content (AvgIpc) is 3.16. The number of benzene rings is 1. The summed E-state index contributed by atoms with van der Waals surface area (Å²) in [6.07, 6.45) is 5.72. The SMILES string of the molecule is COc1cc2c(cc1CC(C)C)-n1c(C3=CCN(C(=O)OC(C)(C)C)CC3)nc(C=O)c1CC2. The van der Waals surface area contributed by atoms with Gasteiger partial charge in [0.1, 0.15) is 22.9 Å². The zero-order chi connectivity index (χ0) is 24.6. The Morgan fingerprint density at radius 3 is 2.56 bits per heavy atom. The van der Waals surface area contributed by atoms with Crippen LogP contribution in [0.4, 0.5) is 4.79 Å². The lowest BCUT2D eigenvalue weighted by Gasteiger charge is -2.30. The largest absolute Gasteiger partial charge is 0.496 e. The molecular formula is C27H35N3O4. The zero-order valence-corrected chi connectivity index (χ0v) is 21.1. The molecule has 1 amide bonds. The number of imidazole rings is 1. The van der Waals surface area contributed by atoms with Crippen LogP contribution in [-0.4, -0.2) is 52.6 Å². The summed E-state index contributed by atoms with van der Waals surface area (Å²) in [7, 11) is 1.72. The van der Waals surface area contributed by atoms with E-state index in [4.69, 9.17) is 14.5 Å². The fraction of sp³-hybridized carbons (Fsp3) is 0.519. The van der Waals surface area contributed by atoms with Crippen molar-refractivity contribution in [2.45, 2.75) is 65.9 Å². The number of ether oxygens (including phenoxy) is 2. The van der Waals surface area contributed by atoms with E-state index in [1.165, 1.54) is 5.56 Å². The Morgan fingerprint density at radius 1 is 1.21 bits per heavy atom. The van der Waals surface area contributed by atoms with Crippen LogP contribution >= 0.6 is 0 Å². The topological polar surface area (TPSA) is 73.7 Å². The summed E-state index contributed by atoms with van der Waals surface area (Å²) in [5, 5.41) is 0. The molecule has 0 saturated carbocycles. The maximum atomic E-state index is 12.5. The molecule has 0 spiro atoms. The number of methoxy groups -OCH3 is 1. The van der Waals surface area contributed by atoms with Gasteiger partial charge in [-0.1, -0.05) is 19.9 Å². The van der Waals surface area contributed by atoms with Crippen LogP contribution in [0.1, 0.15) is 74.2 Å². The minimum Gasteiger partial charge on any atom is -0.496 e. The molecule has 2 aliphatic rings. The molecule has 2 aliphatic heterocycles. The summed E-state index contributed by atoms with van der Waals surface area (Å²) in [4.78, 5) is 30.8. The van der Waals surface area contributed by atoms with Crippen molar-refractivity contribution >= 4 is 18.0 Å². The van der Waals surface area contributed by atoms with Gasteiger partial charge in [-0.15, -0.1) is 0 Å². The number of hydrogen-bond donors (Lipinski definition) is 0. The van der Waals surface area contributed by atoms with E-state index in [2.05, 4.69) is 30.5 Å². The first kappa shape index (κ1) is 24.0. The molecule has 182 valence electrons. The van der Waals surface area contributed by atoms with Crippen LogP contribution < -0.4 is 4.74 Å². The van der Waals surface area contributed by atoms with Crippen molar-refractivity contribution in [3.63, 3.8) is 0 Å². The number of carbonyl (C=O) groups is 2. The van der Waals surface area contributed by atoms with Crippen molar-refractivity contribution in [2.75, 3.05) is 20.2 Å². The van der Waals surface area contributed by atoms with Gasteiger partial charge < -0.3 is 14.4 Å². The predicted octanol–water partition coefficient (Wildman–Crippen LogP) is 5.01. The highest BCUT2D eigenvalue weighted by atomic mass is 16.6. The first-order valence-corrected chi connectivity index (χ1v) is 12.1. The van der Waals surface area contributed by atoms with Gasteiger partial charge in [0.05, 0.1) is 18.5 Å². The predicted molar refractivity (Wildman–Crippen MR) is 132 cm³/mol. The second-order valence-electron chi connectivity index (χ2n) is 10.5. The Labute approximate surface area is 201 Å². The molecule has 34 heavy (non-hydrogen) atoms. The van der Waals surface area contributed by atoms with E-state index in [1.807, 2.05) is 26.8 Å². The Hall–Kier alpha value is -3.09. The lowest BCUT2D eigenvalue weighted by molar-refractivity contribution is 0.0270. The number of fused-ring (bicyclic) bond motifs is 3. The van der Waals surface area contributed by atoms with Crippen molar-refractivity contribution in [2.24, 2.45) is 5.92 Å². The Balaban J connectivity index is 1.73. The summed E-state index contributed by atoms with van der Waals surface area (Å²) >= 11 is 0. The number of aldehydes is 1. The summed E-state index contributed by atoms with van der Waals surface area (Å²) in [5.74, 6) is 2.20. The number of carbonyl (C=O) groups excluding carboxylic acids is 2. The summed E-state index contributed by atoms with van der Waals surface area (Å²) in [6.45, 7) is 11.0. The second-order valence-corrected chi connectivity index (χ2v) is 10.5.